The molecule has 5 nitrogen and oxygen atoms in total. The normalized spacial score (nSPS) is 21.4. The molecule has 2 heterocycles. The molecule has 7 heteroatoms. The van der Waals surface area contributed by atoms with Crippen LogP contribution in [0.3, 0.4) is 0 Å². The standard InChI is InChI=1S/C18H28N2O3S2/c1-14-12-17(23-3)18(13-15(14)2)25(21,22)20-6-4-16(5-7-20)19-8-10-24-11-9-19/h12-13,16H,4-11H2,1-3H3. The fourth-order valence-corrected chi connectivity index (χ4v) is 6.28. The minimum absolute atomic E-state index is 0.297. The molecule has 1 aromatic carbocycles. The third-order valence-corrected chi connectivity index (χ3v) is 8.25. The lowest BCUT2D eigenvalue weighted by Crippen LogP contribution is -2.49. The molecule has 140 valence electrons. The highest BCUT2D eigenvalue weighted by Crippen LogP contribution is 2.32. The number of benzene rings is 1. The van der Waals surface area contributed by atoms with E-state index in [2.05, 4.69) is 4.90 Å². The summed E-state index contributed by atoms with van der Waals surface area (Å²) in [4.78, 5) is 2.84. The van der Waals surface area contributed by atoms with Crippen molar-refractivity contribution >= 4 is 21.8 Å². The van der Waals surface area contributed by atoms with Gasteiger partial charge in [-0.25, -0.2) is 8.42 Å². The Balaban J connectivity index is 1.75. The third kappa shape index (κ3) is 3.99. The number of methoxy groups -OCH3 is 1. The summed E-state index contributed by atoms with van der Waals surface area (Å²) in [7, 11) is -1.98. The molecule has 0 amide bonds. The van der Waals surface area contributed by atoms with E-state index >= 15 is 0 Å². The molecule has 3 rings (SSSR count). The van der Waals surface area contributed by atoms with Crippen LogP contribution in [-0.2, 0) is 10.0 Å². The van der Waals surface area contributed by atoms with Gasteiger partial charge in [0.15, 0.2) is 0 Å². The van der Waals surface area contributed by atoms with E-state index in [9.17, 15) is 8.42 Å². The Hall–Kier alpha value is -0.760. The third-order valence-electron chi connectivity index (χ3n) is 5.38. The lowest BCUT2D eigenvalue weighted by atomic mass is 10.0. The van der Waals surface area contributed by atoms with Crippen LogP contribution in [0, 0.1) is 13.8 Å². The van der Waals surface area contributed by atoms with Gasteiger partial charge in [-0.2, -0.15) is 16.1 Å². The molecule has 0 unspecified atom stereocenters. The van der Waals surface area contributed by atoms with Crippen LogP contribution in [0.15, 0.2) is 17.0 Å². The van der Waals surface area contributed by atoms with E-state index in [1.165, 1.54) is 18.6 Å². The number of thioether (sulfide) groups is 1. The molecule has 2 aliphatic rings. The Morgan fingerprint density at radius 1 is 1.04 bits per heavy atom. The molecule has 2 saturated heterocycles. The van der Waals surface area contributed by atoms with E-state index in [1.54, 1.807) is 10.4 Å². The lowest BCUT2D eigenvalue weighted by Gasteiger charge is -2.39. The first-order valence-corrected chi connectivity index (χ1v) is 11.5. The van der Waals surface area contributed by atoms with Crippen LogP contribution in [0.1, 0.15) is 24.0 Å². The second-order valence-electron chi connectivity index (χ2n) is 6.87. The summed E-state index contributed by atoms with van der Waals surface area (Å²) in [6.45, 7) is 7.35. The van der Waals surface area contributed by atoms with Gasteiger partial charge in [0.25, 0.3) is 0 Å². The molecule has 0 aliphatic carbocycles. The Kier molecular flexibility index (Phi) is 5.98. The first-order valence-electron chi connectivity index (χ1n) is 8.90. The molecule has 2 fully saturated rings. The fraction of sp³-hybridized carbons (Fsp3) is 0.667. The zero-order chi connectivity index (χ0) is 18.0. The molecule has 0 radical (unpaired) electrons. The lowest BCUT2D eigenvalue weighted by molar-refractivity contribution is 0.151. The van der Waals surface area contributed by atoms with Crippen LogP contribution in [-0.4, -0.2) is 68.5 Å². The van der Waals surface area contributed by atoms with E-state index in [0.717, 1.165) is 37.1 Å². The predicted molar refractivity (Wildman–Crippen MR) is 103 cm³/mol. The van der Waals surface area contributed by atoms with Gasteiger partial charge in [-0.15, -0.1) is 0 Å². The number of sulfonamides is 1. The highest BCUT2D eigenvalue weighted by Gasteiger charge is 2.33. The Morgan fingerprint density at radius 2 is 1.64 bits per heavy atom. The van der Waals surface area contributed by atoms with Crippen molar-refractivity contribution in [3.8, 4) is 5.75 Å². The summed E-state index contributed by atoms with van der Waals surface area (Å²) in [5.41, 5.74) is 2.01. The topological polar surface area (TPSA) is 49.9 Å². The molecule has 0 bridgehead atoms. The van der Waals surface area contributed by atoms with Crippen molar-refractivity contribution < 1.29 is 13.2 Å². The Labute approximate surface area is 155 Å². The zero-order valence-corrected chi connectivity index (χ0v) is 17.0. The second-order valence-corrected chi connectivity index (χ2v) is 10.0. The van der Waals surface area contributed by atoms with Crippen molar-refractivity contribution in [2.75, 3.05) is 44.8 Å². The quantitative estimate of drug-likeness (QED) is 0.798. The van der Waals surface area contributed by atoms with Crippen LogP contribution in [0.25, 0.3) is 0 Å². The Morgan fingerprint density at radius 3 is 2.24 bits per heavy atom. The molecule has 0 spiro atoms. The summed E-state index contributed by atoms with van der Waals surface area (Å²) >= 11 is 2.01. The molecule has 25 heavy (non-hydrogen) atoms. The van der Waals surface area contributed by atoms with E-state index in [4.69, 9.17) is 4.74 Å². The average Bonchev–Trinajstić information content (AvgIpc) is 2.64. The van der Waals surface area contributed by atoms with Crippen LogP contribution in [0.4, 0.5) is 0 Å². The SMILES string of the molecule is COc1cc(C)c(C)cc1S(=O)(=O)N1CCC(N2CCSCC2)CC1. The van der Waals surface area contributed by atoms with Crippen LogP contribution in [0.5, 0.6) is 5.75 Å². The highest BCUT2D eigenvalue weighted by molar-refractivity contribution is 7.99. The van der Waals surface area contributed by atoms with Crippen molar-refractivity contribution in [2.24, 2.45) is 0 Å². The van der Waals surface area contributed by atoms with Crippen LogP contribution >= 0.6 is 11.8 Å². The van der Waals surface area contributed by atoms with E-state index < -0.39 is 10.0 Å². The van der Waals surface area contributed by atoms with Crippen molar-refractivity contribution in [3.63, 3.8) is 0 Å². The molecule has 0 N–H and O–H groups in total. The summed E-state index contributed by atoms with van der Waals surface area (Å²) in [5, 5.41) is 0. The predicted octanol–water partition coefficient (Wildman–Crippen LogP) is 2.51. The van der Waals surface area contributed by atoms with Gasteiger partial charge in [0, 0.05) is 43.7 Å². The minimum atomic E-state index is -3.51. The summed E-state index contributed by atoms with van der Waals surface area (Å²) in [6.07, 6.45) is 1.83. The van der Waals surface area contributed by atoms with Gasteiger partial charge < -0.3 is 4.74 Å². The van der Waals surface area contributed by atoms with Gasteiger partial charge in [-0.1, -0.05) is 0 Å². The average molecular weight is 385 g/mol. The minimum Gasteiger partial charge on any atom is -0.495 e. The van der Waals surface area contributed by atoms with Gasteiger partial charge in [0.05, 0.1) is 7.11 Å². The van der Waals surface area contributed by atoms with Gasteiger partial charge in [-0.3, -0.25) is 4.90 Å². The molecule has 0 atom stereocenters. The zero-order valence-electron chi connectivity index (χ0n) is 15.3. The maximum absolute atomic E-state index is 13.1. The van der Waals surface area contributed by atoms with Crippen molar-refractivity contribution in [1.29, 1.82) is 0 Å². The Bertz CT molecular complexity index is 707. The molecular weight excluding hydrogens is 356 g/mol. The molecular formula is C18H28N2O3S2. The second kappa shape index (κ2) is 7.86. The van der Waals surface area contributed by atoms with Gasteiger partial charge in [0.2, 0.25) is 10.0 Å². The van der Waals surface area contributed by atoms with E-state index in [1.807, 2.05) is 31.7 Å². The maximum Gasteiger partial charge on any atom is 0.246 e. The van der Waals surface area contributed by atoms with Gasteiger partial charge in [0.1, 0.15) is 10.6 Å². The van der Waals surface area contributed by atoms with Crippen molar-refractivity contribution in [1.82, 2.24) is 9.21 Å². The van der Waals surface area contributed by atoms with E-state index in [-0.39, 0.29) is 0 Å². The summed E-state index contributed by atoms with van der Waals surface area (Å²) < 4.78 is 33.3. The number of nitrogens with zero attached hydrogens (tertiary/aromatic N) is 2. The monoisotopic (exact) mass is 384 g/mol. The van der Waals surface area contributed by atoms with Crippen molar-refractivity contribution in [3.05, 3.63) is 23.3 Å². The van der Waals surface area contributed by atoms with Gasteiger partial charge in [-0.05, 0) is 49.9 Å². The van der Waals surface area contributed by atoms with E-state index in [0.29, 0.717) is 29.8 Å². The first kappa shape index (κ1) is 19.0. The maximum atomic E-state index is 13.1. The van der Waals surface area contributed by atoms with Crippen LogP contribution < -0.4 is 4.74 Å². The molecule has 1 aromatic rings. The summed E-state index contributed by atoms with van der Waals surface area (Å²) in [6, 6.07) is 4.09. The molecule has 2 aliphatic heterocycles. The van der Waals surface area contributed by atoms with Gasteiger partial charge >= 0.3 is 0 Å². The molecule has 0 aromatic heterocycles. The first-order chi connectivity index (χ1) is 11.9. The van der Waals surface area contributed by atoms with Crippen molar-refractivity contribution in [2.45, 2.75) is 37.6 Å². The smallest absolute Gasteiger partial charge is 0.246 e. The molecule has 0 saturated carbocycles. The number of hydrogen-bond acceptors (Lipinski definition) is 5. The summed E-state index contributed by atoms with van der Waals surface area (Å²) in [5.74, 6) is 2.83. The number of rotatable bonds is 4. The van der Waals surface area contributed by atoms with Crippen LogP contribution in [0.2, 0.25) is 0 Å². The number of hydrogen-bond donors (Lipinski definition) is 0. The number of ether oxygens (including phenoxy) is 1. The fourth-order valence-electron chi connectivity index (χ4n) is 3.65. The number of aryl methyl sites for hydroxylation is 2. The largest absolute Gasteiger partial charge is 0.495 e. The number of piperidine rings is 1. The highest BCUT2D eigenvalue weighted by atomic mass is 32.2.